The highest BCUT2D eigenvalue weighted by atomic mass is 16.7. The zero-order chi connectivity index (χ0) is 15.5. The Balaban J connectivity index is 2.65. The van der Waals surface area contributed by atoms with Crippen molar-refractivity contribution in [3.05, 3.63) is 0 Å². The molecule has 4 atom stereocenters. The fraction of sp³-hybridized carbons (Fsp3) is 1.00. The average Bonchev–Trinajstić information content (AvgIpc) is 2.80. The summed E-state index contributed by atoms with van der Waals surface area (Å²) in [4.78, 5) is 0. The Labute approximate surface area is 124 Å². The Bertz CT molecular complexity index is 254. The molecule has 120 valence electrons. The van der Waals surface area contributed by atoms with Gasteiger partial charge in [0, 0.05) is 26.9 Å². The highest BCUT2D eigenvalue weighted by Crippen LogP contribution is 2.28. The Morgan fingerprint density at radius 2 is 1.60 bits per heavy atom. The lowest BCUT2D eigenvalue weighted by molar-refractivity contribution is -0.167. The second-order valence-corrected chi connectivity index (χ2v) is 4.96. The first-order chi connectivity index (χ1) is 10.3. The summed E-state index contributed by atoms with van der Waals surface area (Å²) in [5.74, 6) is 0. The third kappa shape index (κ3) is 5.30. The standard InChI is InChI=1S/C15H30O5/c1-5-8-17-11-12-13(18-9-6-2)14(19-10-7-3)15(16-4)20-12/h12-15H,5-11H2,1-4H3/t12-,13-,14-,15?/m1/s1/i4D. The second-order valence-electron chi connectivity index (χ2n) is 4.96. The summed E-state index contributed by atoms with van der Waals surface area (Å²) < 4.78 is 35.8. The lowest BCUT2D eigenvalue weighted by Gasteiger charge is -2.24. The molecule has 1 aliphatic heterocycles. The van der Waals surface area contributed by atoms with Gasteiger partial charge in [-0.3, -0.25) is 0 Å². The lowest BCUT2D eigenvalue weighted by atomic mass is 10.1. The van der Waals surface area contributed by atoms with Crippen molar-refractivity contribution < 1.29 is 25.1 Å². The van der Waals surface area contributed by atoms with E-state index in [2.05, 4.69) is 20.8 Å². The number of hydrogen-bond acceptors (Lipinski definition) is 5. The Kier molecular flexibility index (Phi) is 8.50. The molecule has 1 aliphatic rings. The molecule has 0 saturated carbocycles. The number of hydrogen-bond donors (Lipinski definition) is 0. The fourth-order valence-electron chi connectivity index (χ4n) is 2.19. The molecule has 0 aromatic rings. The zero-order valence-electron chi connectivity index (χ0n) is 14.0. The summed E-state index contributed by atoms with van der Waals surface area (Å²) in [7, 11) is -0.153. The van der Waals surface area contributed by atoms with E-state index in [1.54, 1.807) is 0 Å². The minimum absolute atomic E-state index is 0.153. The maximum atomic E-state index is 7.24. The van der Waals surface area contributed by atoms with Gasteiger partial charge in [-0.15, -0.1) is 0 Å². The van der Waals surface area contributed by atoms with Gasteiger partial charge in [-0.25, -0.2) is 0 Å². The first-order valence-electron chi connectivity index (χ1n) is 8.36. The molecular formula is C15H30O5. The molecule has 5 nitrogen and oxygen atoms in total. The van der Waals surface area contributed by atoms with E-state index >= 15 is 0 Å². The van der Waals surface area contributed by atoms with E-state index < -0.39 is 6.29 Å². The van der Waals surface area contributed by atoms with Gasteiger partial charge in [0.25, 0.3) is 0 Å². The van der Waals surface area contributed by atoms with Crippen molar-refractivity contribution in [2.45, 2.75) is 64.6 Å². The van der Waals surface area contributed by atoms with Crippen molar-refractivity contribution in [1.82, 2.24) is 0 Å². The van der Waals surface area contributed by atoms with Crippen LogP contribution in [0.4, 0.5) is 0 Å². The molecule has 1 unspecified atom stereocenters. The largest absolute Gasteiger partial charge is 0.379 e. The maximum absolute atomic E-state index is 7.24. The van der Waals surface area contributed by atoms with Crippen LogP contribution in [0.15, 0.2) is 0 Å². The minimum Gasteiger partial charge on any atom is -0.379 e. The molecule has 5 heteroatoms. The van der Waals surface area contributed by atoms with Gasteiger partial charge in [-0.2, -0.15) is 0 Å². The van der Waals surface area contributed by atoms with Crippen LogP contribution in [0.5, 0.6) is 0 Å². The smallest absolute Gasteiger partial charge is 0.186 e. The Morgan fingerprint density at radius 1 is 0.950 bits per heavy atom. The molecule has 0 aromatic carbocycles. The molecule has 1 fully saturated rings. The van der Waals surface area contributed by atoms with E-state index in [1.165, 1.54) is 0 Å². The number of rotatable bonds is 11. The van der Waals surface area contributed by atoms with Crippen LogP contribution in [0.25, 0.3) is 0 Å². The van der Waals surface area contributed by atoms with Gasteiger partial charge in [-0.1, -0.05) is 20.8 Å². The topological polar surface area (TPSA) is 46.2 Å². The molecule has 0 N–H and O–H groups in total. The van der Waals surface area contributed by atoms with Gasteiger partial charge in [0.05, 0.1) is 7.98 Å². The van der Waals surface area contributed by atoms with E-state index in [0.717, 1.165) is 19.3 Å². The first kappa shape index (κ1) is 16.2. The highest BCUT2D eigenvalue weighted by Gasteiger charge is 2.46. The van der Waals surface area contributed by atoms with Crippen molar-refractivity contribution in [3.8, 4) is 0 Å². The van der Waals surface area contributed by atoms with Crippen molar-refractivity contribution in [1.29, 1.82) is 0 Å². The van der Waals surface area contributed by atoms with Crippen molar-refractivity contribution in [2.75, 3.05) is 33.5 Å². The van der Waals surface area contributed by atoms with E-state index in [9.17, 15) is 0 Å². The summed E-state index contributed by atoms with van der Waals surface area (Å²) in [6, 6.07) is 0. The summed E-state index contributed by atoms with van der Waals surface area (Å²) in [5, 5.41) is 0. The van der Waals surface area contributed by atoms with Gasteiger partial charge in [0.15, 0.2) is 6.29 Å². The summed E-state index contributed by atoms with van der Waals surface area (Å²) in [6.45, 7) is 8.63. The number of methoxy groups -OCH3 is 1. The van der Waals surface area contributed by atoms with Crippen LogP contribution in [-0.4, -0.2) is 58.1 Å². The van der Waals surface area contributed by atoms with Crippen LogP contribution in [-0.2, 0) is 23.7 Å². The van der Waals surface area contributed by atoms with Crippen molar-refractivity contribution >= 4 is 0 Å². The third-order valence-electron chi connectivity index (χ3n) is 3.09. The third-order valence-corrected chi connectivity index (χ3v) is 3.09. The van der Waals surface area contributed by atoms with Gasteiger partial charge in [0.2, 0.25) is 0 Å². The van der Waals surface area contributed by atoms with Gasteiger partial charge < -0.3 is 23.7 Å². The average molecular weight is 291 g/mol. The number of ether oxygens (including phenoxy) is 5. The van der Waals surface area contributed by atoms with E-state index in [-0.39, 0.29) is 25.4 Å². The van der Waals surface area contributed by atoms with Crippen LogP contribution in [0.3, 0.4) is 0 Å². The van der Waals surface area contributed by atoms with Gasteiger partial charge >= 0.3 is 0 Å². The Hall–Kier alpha value is -0.200. The Morgan fingerprint density at radius 3 is 2.20 bits per heavy atom. The van der Waals surface area contributed by atoms with Crippen LogP contribution in [0, 0.1) is 0 Å². The SMILES string of the molecule is [2H]COC1O[C@H](COCCC)[C@@H](OCCC)[C@H]1OCCC. The summed E-state index contributed by atoms with van der Waals surface area (Å²) in [6.07, 6.45) is 1.57. The molecule has 0 amide bonds. The predicted octanol–water partition coefficient (Wildman–Crippen LogP) is 2.37. The highest BCUT2D eigenvalue weighted by molar-refractivity contribution is 4.89. The maximum Gasteiger partial charge on any atom is 0.186 e. The molecule has 1 heterocycles. The molecule has 0 aromatic heterocycles. The zero-order valence-corrected chi connectivity index (χ0v) is 13.0. The lowest BCUT2D eigenvalue weighted by Crippen LogP contribution is -2.40. The van der Waals surface area contributed by atoms with Crippen LogP contribution >= 0.6 is 0 Å². The second kappa shape index (κ2) is 10.5. The molecule has 1 saturated heterocycles. The van der Waals surface area contributed by atoms with Crippen molar-refractivity contribution in [2.24, 2.45) is 0 Å². The fourth-order valence-corrected chi connectivity index (χ4v) is 2.19. The summed E-state index contributed by atoms with van der Waals surface area (Å²) >= 11 is 0. The molecule has 0 aliphatic carbocycles. The van der Waals surface area contributed by atoms with Crippen LogP contribution in [0.2, 0.25) is 0 Å². The quantitative estimate of drug-likeness (QED) is 0.547. The van der Waals surface area contributed by atoms with Gasteiger partial charge in [0.1, 0.15) is 18.3 Å². The van der Waals surface area contributed by atoms with Gasteiger partial charge in [-0.05, 0) is 19.3 Å². The monoisotopic (exact) mass is 291 g/mol. The molecule has 0 radical (unpaired) electrons. The minimum atomic E-state index is -0.550. The predicted molar refractivity (Wildman–Crippen MR) is 76.8 cm³/mol. The first-order valence-corrected chi connectivity index (χ1v) is 7.65. The van der Waals surface area contributed by atoms with E-state index in [4.69, 9.17) is 25.1 Å². The van der Waals surface area contributed by atoms with E-state index in [0.29, 0.717) is 26.4 Å². The normalized spacial score (nSPS) is 30.6. The molecule has 0 spiro atoms. The summed E-state index contributed by atoms with van der Waals surface area (Å²) in [5.41, 5.74) is 0. The van der Waals surface area contributed by atoms with Crippen LogP contribution < -0.4 is 0 Å². The molecule has 0 bridgehead atoms. The van der Waals surface area contributed by atoms with Crippen molar-refractivity contribution in [3.63, 3.8) is 0 Å². The van der Waals surface area contributed by atoms with Crippen LogP contribution in [0.1, 0.15) is 41.4 Å². The molecule has 20 heavy (non-hydrogen) atoms. The molecular weight excluding hydrogens is 260 g/mol. The molecule has 1 rings (SSSR count). The van der Waals surface area contributed by atoms with E-state index in [1.807, 2.05) is 0 Å².